The summed E-state index contributed by atoms with van der Waals surface area (Å²) >= 11 is 0. The van der Waals surface area contributed by atoms with Crippen molar-refractivity contribution in [2.24, 2.45) is 5.92 Å². The van der Waals surface area contributed by atoms with E-state index < -0.39 is 28.2 Å². The van der Waals surface area contributed by atoms with E-state index in [9.17, 15) is 22.4 Å². The van der Waals surface area contributed by atoms with Crippen molar-refractivity contribution in [3.63, 3.8) is 0 Å². The number of ether oxygens (including phenoxy) is 1. The maximum Gasteiger partial charge on any atom is 0.248 e. The second-order valence-corrected chi connectivity index (χ2v) is 10.2. The average molecular weight is 477 g/mol. The number of piperidine rings is 1. The molecule has 9 heteroatoms. The minimum absolute atomic E-state index is 0.0424. The third-order valence-electron chi connectivity index (χ3n) is 5.71. The van der Waals surface area contributed by atoms with Gasteiger partial charge in [-0.15, -0.1) is 0 Å². The molecule has 0 spiro atoms. The van der Waals surface area contributed by atoms with Crippen LogP contribution in [0.3, 0.4) is 0 Å². The van der Waals surface area contributed by atoms with Gasteiger partial charge < -0.3 is 9.64 Å². The van der Waals surface area contributed by atoms with Crippen molar-refractivity contribution in [3.05, 3.63) is 59.4 Å². The van der Waals surface area contributed by atoms with Crippen LogP contribution in [0, 0.1) is 18.7 Å². The molecule has 0 aromatic heterocycles. The largest absolute Gasteiger partial charge is 0.375 e. The van der Waals surface area contributed by atoms with Crippen LogP contribution >= 0.6 is 0 Å². The van der Waals surface area contributed by atoms with E-state index in [2.05, 4.69) is 4.72 Å². The maximum atomic E-state index is 14.7. The molecule has 0 saturated carbocycles. The smallest absolute Gasteiger partial charge is 0.248 e. The molecule has 7 nitrogen and oxygen atoms in total. The topological polar surface area (TPSA) is 92.8 Å². The predicted octanol–water partition coefficient (Wildman–Crippen LogP) is 2.79. The number of benzene rings is 2. The Balaban J connectivity index is 1.65. The Morgan fingerprint density at radius 3 is 2.61 bits per heavy atom. The van der Waals surface area contributed by atoms with Crippen molar-refractivity contribution in [2.75, 3.05) is 39.1 Å². The number of hydrogen-bond acceptors (Lipinski definition) is 5. The van der Waals surface area contributed by atoms with E-state index in [-0.39, 0.29) is 29.7 Å². The van der Waals surface area contributed by atoms with Gasteiger partial charge >= 0.3 is 0 Å². The maximum absolute atomic E-state index is 14.7. The number of methoxy groups -OCH3 is 1. The number of rotatable bonds is 9. The van der Waals surface area contributed by atoms with Crippen molar-refractivity contribution in [1.82, 2.24) is 9.62 Å². The first kappa shape index (κ1) is 25.0. The molecule has 1 saturated heterocycles. The minimum Gasteiger partial charge on any atom is -0.375 e. The van der Waals surface area contributed by atoms with Crippen LogP contribution in [0.25, 0.3) is 11.1 Å². The molecule has 3 rings (SSSR count). The van der Waals surface area contributed by atoms with Crippen LogP contribution in [0.5, 0.6) is 0 Å². The van der Waals surface area contributed by atoms with E-state index in [1.54, 1.807) is 17.9 Å². The Labute approximate surface area is 194 Å². The average Bonchev–Trinajstić information content (AvgIpc) is 2.80. The summed E-state index contributed by atoms with van der Waals surface area (Å²) in [7, 11) is -2.36. The van der Waals surface area contributed by atoms with E-state index in [4.69, 9.17) is 4.74 Å². The molecule has 1 aliphatic heterocycles. The molecule has 1 heterocycles. The monoisotopic (exact) mass is 476 g/mol. The Kier molecular flexibility index (Phi) is 8.34. The number of halogens is 1. The summed E-state index contributed by atoms with van der Waals surface area (Å²) in [6.45, 7) is 1.89. The number of amides is 1. The number of nitrogens with one attached hydrogen (secondary N) is 1. The van der Waals surface area contributed by atoms with E-state index >= 15 is 0 Å². The Morgan fingerprint density at radius 2 is 1.91 bits per heavy atom. The highest BCUT2D eigenvalue weighted by Gasteiger charge is 2.28. The van der Waals surface area contributed by atoms with Gasteiger partial charge in [-0.25, -0.2) is 17.5 Å². The SMILES string of the molecule is COCC(=O)N1CCCC(CS(=O)(=O)NCC(=O)c2cc(-c3ccccc3)cc(C)c2F)C1. The van der Waals surface area contributed by atoms with E-state index in [1.807, 2.05) is 30.3 Å². The summed E-state index contributed by atoms with van der Waals surface area (Å²) < 4.78 is 47.0. The van der Waals surface area contributed by atoms with Crippen LogP contribution in [0.4, 0.5) is 4.39 Å². The van der Waals surface area contributed by atoms with Gasteiger partial charge in [0.05, 0.1) is 17.9 Å². The normalized spacial score (nSPS) is 16.6. The number of likely N-dealkylation sites (tertiary alicyclic amines) is 1. The summed E-state index contributed by atoms with van der Waals surface area (Å²) in [4.78, 5) is 26.3. The summed E-state index contributed by atoms with van der Waals surface area (Å²) in [5.74, 6) is -1.92. The van der Waals surface area contributed by atoms with Gasteiger partial charge in [0, 0.05) is 20.2 Å². The molecule has 1 amide bonds. The molecule has 33 heavy (non-hydrogen) atoms. The lowest BCUT2D eigenvalue weighted by molar-refractivity contribution is -0.136. The highest BCUT2D eigenvalue weighted by Crippen LogP contribution is 2.25. The van der Waals surface area contributed by atoms with E-state index in [0.29, 0.717) is 37.1 Å². The number of nitrogens with zero attached hydrogens (tertiary/aromatic N) is 1. The minimum atomic E-state index is -3.79. The fraction of sp³-hybridized carbons (Fsp3) is 0.417. The molecule has 178 valence electrons. The Bertz CT molecular complexity index is 1110. The van der Waals surface area contributed by atoms with Gasteiger partial charge in [-0.1, -0.05) is 30.3 Å². The summed E-state index contributed by atoms with van der Waals surface area (Å²) in [6.07, 6.45) is 1.36. The first-order chi connectivity index (χ1) is 15.7. The fourth-order valence-electron chi connectivity index (χ4n) is 4.05. The first-order valence-corrected chi connectivity index (χ1v) is 12.5. The zero-order valence-corrected chi connectivity index (χ0v) is 19.7. The van der Waals surface area contributed by atoms with E-state index in [1.165, 1.54) is 13.2 Å². The number of hydrogen-bond donors (Lipinski definition) is 1. The molecule has 1 atom stereocenters. The van der Waals surface area contributed by atoms with Gasteiger partial charge in [0.15, 0.2) is 5.78 Å². The van der Waals surface area contributed by atoms with Crippen LogP contribution in [0.15, 0.2) is 42.5 Å². The third kappa shape index (κ3) is 6.69. The predicted molar refractivity (Wildman–Crippen MR) is 124 cm³/mol. The van der Waals surface area contributed by atoms with E-state index in [0.717, 1.165) is 5.56 Å². The zero-order valence-electron chi connectivity index (χ0n) is 18.8. The number of ketones is 1. The van der Waals surface area contributed by atoms with Gasteiger partial charge in [-0.05, 0) is 54.5 Å². The molecule has 1 unspecified atom stereocenters. The molecule has 2 aromatic carbocycles. The van der Waals surface area contributed by atoms with Crippen LogP contribution in [-0.4, -0.2) is 64.1 Å². The number of aryl methyl sites for hydroxylation is 1. The van der Waals surface area contributed by atoms with Gasteiger partial charge in [-0.2, -0.15) is 0 Å². The van der Waals surface area contributed by atoms with Crippen molar-refractivity contribution < 1.29 is 27.1 Å². The van der Waals surface area contributed by atoms with Crippen molar-refractivity contribution in [2.45, 2.75) is 19.8 Å². The van der Waals surface area contributed by atoms with Crippen molar-refractivity contribution in [3.8, 4) is 11.1 Å². The van der Waals surface area contributed by atoms with Crippen molar-refractivity contribution >= 4 is 21.7 Å². The van der Waals surface area contributed by atoms with Crippen LogP contribution in [0.1, 0.15) is 28.8 Å². The van der Waals surface area contributed by atoms with Crippen LogP contribution in [-0.2, 0) is 19.6 Å². The number of carbonyl (C=O) groups excluding carboxylic acids is 2. The summed E-state index contributed by atoms with van der Waals surface area (Å²) in [5.41, 5.74) is 1.68. The summed E-state index contributed by atoms with van der Waals surface area (Å²) in [6, 6.07) is 12.4. The molecule has 1 aliphatic rings. The van der Waals surface area contributed by atoms with Crippen LogP contribution < -0.4 is 4.72 Å². The Hall–Kier alpha value is -2.62. The molecule has 1 N–H and O–H groups in total. The van der Waals surface area contributed by atoms with Gasteiger partial charge in [0.1, 0.15) is 12.4 Å². The lowest BCUT2D eigenvalue weighted by Crippen LogP contribution is -2.44. The second kappa shape index (κ2) is 11.0. The molecule has 0 bridgehead atoms. The molecule has 1 fully saturated rings. The highest BCUT2D eigenvalue weighted by atomic mass is 32.2. The number of Topliss-reactive ketones (excluding diaryl/α,β-unsaturated/α-hetero) is 1. The molecular formula is C24H29FN2O5S. The lowest BCUT2D eigenvalue weighted by Gasteiger charge is -2.32. The molecule has 2 aromatic rings. The fourth-order valence-corrected chi connectivity index (χ4v) is 5.41. The Morgan fingerprint density at radius 1 is 1.18 bits per heavy atom. The number of carbonyl (C=O) groups is 2. The van der Waals surface area contributed by atoms with Crippen LogP contribution in [0.2, 0.25) is 0 Å². The quantitative estimate of drug-likeness (QED) is 0.562. The standard InChI is InChI=1S/C24H29FN2O5S/c1-17-11-20(19-8-4-3-5-9-19)12-21(24(17)25)22(28)13-26-33(30,31)16-18-7-6-10-27(14-18)23(29)15-32-2/h3-5,8-9,11-12,18,26H,6-7,10,13-16H2,1-2H3. The molecule has 0 aliphatic carbocycles. The molecular weight excluding hydrogens is 447 g/mol. The second-order valence-electron chi connectivity index (χ2n) is 8.33. The third-order valence-corrected chi connectivity index (χ3v) is 7.20. The zero-order chi connectivity index (χ0) is 24.0. The van der Waals surface area contributed by atoms with Crippen molar-refractivity contribution in [1.29, 1.82) is 0 Å². The summed E-state index contributed by atoms with van der Waals surface area (Å²) in [5, 5.41) is 0. The van der Waals surface area contributed by atoms with Gasteiger partial charge in [-0.3, -0.25) is 9.59 Å². The molecule has 0 radical (unpaired) electrons. The van der Waals surface area contributed by atoms with Gasteiger partial charge in [0.2, 0.25) is 15.9 Å². The van der Waals surface area contributed by atoms with Gasteiger partial charge in [0.25, 0.3) is 0 Å². The number of sulfonamides is 1. The highest BCUT2D eigenvalue weighted by molar-refractivity contribution is 7.89. The lowest BCUT2D eigenvalue weighted by atomic mass is 9.98. The first-order valence-electron chi connectivity index (χ1n) is 10.8.